The summed E-state index contributed by atoms with van der Waals surface area (Å²) in [5.41, 5.74) is 0.834. The lowest BCUT2D eigenvalue weighted by Crippen LogP contribution is -2.14. The molecule has 0 aliphatic carbocycles. The number of rotatable bonds is 2. The van der Waals surface area contributed by atoms with Crippen molar-refractivity contribution in [3.05, 3.63) is 53.6 Å². The molecule has 0 atom stereocenters. The van der Waals surface area contributed by atoms with Crippen LogP contribution in [0.25, 0.3) is 11.0 Å². The maximum absolute atomic E-state index is 12.4. The van der Waals surface area contributed by atoms with Crippen molar-refractivity contribution in [2.24, 2.45) is 0 Å². The van der Waals surface area contributed by atoms with Crippen molar-refractivity contribution >= 4 is 32.7 Å². The highest BCUT2D eigenvalue weighted by Gasteiger charge is 2.20. The molecule has 0 radical (unpaired) electrons. The van der Waals surface area contributed by atoms with Crippen molar-refractivity contribution in [1.29, 1.82) is 0 Å². The number of aromatic nitrogens is 3. The van der Waals surface area contributed by atoms with Crippen molar-refractivity contribution in [3.8, 4) is 0 Å². The lowest BCUT2D eigenvalue weighted by molar-refractivity contribution is 0.579. The fraction of sp³-hybridized carbons (Fsp3) is 0. The molecule has 3 rings (SSSR count). The fourth-order valence-electron chi connectivity index (χ4n) is 1.75. The van der Waals surface area contributed by atoms with E-state index < -0.39 is 10.0 Å². The Morgan fingerprint density at radius 2 is 1.79 bits per heavy atom. The van der Waals surface area contributed by atoms with Gasteiger partial charge in [-0.25, -0.2) is 0 Å². The highest BCUT2D eigenvalue weighted by molar-refractivity contribution is 7.90. The molecule has 0 spiro atoms. The van der Waals surface area contributed by atoms with E-state index in [1.54, 1.807) is 36.4 Å². The molecule has 7 heteroatoms. The first-order valence-corrected chi connectivity index (χ1v) is 7.22. The van der Waals surface area contributed by atoms with Crippen molar-refractivity contribution in [1.82, 2.24) is 14.4 Å². The summed E-state index contributed by atoms with van der Waals surface area (Å²) < 4.78 is 25.8. The predicted molar refractivity (Wildman–Crippen MR) is 71.6 cm³/mol. The largest absolute Gasteiger partial charge is 0.284 e. The van der Waals surface area contributed by atoms with E-state index in [2.05, 4.69) is 10.3 Å². The van der Waals surface area contributed by atoms with Crippen molar-refractivity contribution in [3.63, 3.8) is 0 Å². The molecule has 0 fully saturated rings. The van der Waals surface area contributed by atoms with E-state index >= 15 is 0 Å². The average molecular weight is 294 g/mol. The molecule has 19 heavy (non-hydrogen) atoms. The minimum absolute atomic E-state index is 0.164. The number of nitrogens with zero attached hydrogens (tertiary/aromatic N) is 3. The summed E-state index contributed by atoms with van der Waals surface area (Å²) >= 11 is 5.83. The van der Waals surface area contributed by atoms with Gasteiger partial charge in [-0.1, -0.05) is 35.0 Å². The minimum Gasteiger partial charge on any atom is -0.199 e. The highest BCUT2D eigenvalue weighted by atomic mass is 35.5. The molecule has 2 aromatic carbocycles. The smallest absolute Gasteiger partial charge is 0.199 e. The Kier molecular flexibility index (Phi) is 2.76. The van der Waals surface area contributed by atoms with E-state index in [0.29, 0.717) is 16.1 Å². The standard InChI is InChI=1S/C12H8ClN3O2S/c13-9-6-7-12-11(8-9)14-15-16(12)19(17,18)10-4-2-1-3-5-10/h1-8H. The second kappa shape index (κ2) is 4.32. The van der Waals surface area contributed by atoms with Gasteiger partial charge in [-0.3, -0.25) is 0 Å². The molecule has 1 heterocycles. The van der Waals surface area contributed by atoms with Crippen LogP contribution in [-0.4, -0.2) is 22.8 Å². The molecule has 0 unspecified atom stereocenters. The number of benzene rings is 2. The van der Waals surface area contributed by atoms with Crippen LogP contribution in [0.15, 0.2) is 53.4 Å². The van der Waals surface area contributed by atoms with Gasteiger partial charge in [0.05, 0.1) is 4.90 Å². The Hall–Kier alpha value is -1.92. The second-order valence-electron chi connectivity index (χ2n) is 3.88. The zero-order valence-corrected chi connectivity index (χ0v) is 11.1. The summed E-state index contributed by atoms with van der Waals surface area (Å²) in [6.45, 7) is 0. The van der Waals surface area contributed by atoms with Crippen LogP contribution in [0.4, 0.5) is 0 Å². The molecule has 1 aromatic heterocycles. The van der Waals surface area contributed by atoms with E-state index in [1.165, 1.54) is 12.1 Å². The SMILES string of the molecule is O=S(=O)(c1ccccc1)n1nnc2cc(Cl)ccc21. The first-order chi connectivity index (χ1) is 9.09. The van der Waals surface area contributed by atoms with E-state index in [1.807, 2.05) is 0 Å². The Morgan fingerprint density at radius 1 is 1.05 bits per heavy atom. The van der Waals surface area contributed by atoms with Gasteiger partial charge in [0.25, 0.3) is 10.0 Å². The van der Waals surface area contributed by atoms with Crippen molar-refractivity contribution < 1.29 is 8.42 Å². The van der Waals surface area contributed by atoms with Gasteiger partial charge in [-0.15, -0.1) is 9.19 Å². The molecule has 0 aliphatic heterocycles. The van der Waals surface area contributed by atoms with Gasteiger partial charge < -0.3 is 0 Å². The Balaban J connectivity index is 2.25. The van der Waals surface area contributed by atoms with Gasteiger partial charge in [0, 0.05) is 5.02 Å². The normalized spacial score (nSPS) is 11.8. The molecule has 5 nitrogen and oxygen atoms in total. The number of halogens is 1. The van der Waals surface area contributed by atoms with Gasteiger partial charge in [-0.2, -0.15) is 8.42 Å². The summed E-state index contributed by atoms with van der Waals surface area (Å²) in [4.78, 5) is 0.164. The van der Waals surface area contributed by atoms with Crippen molar-refractivity contribution in [2.75, 3.05) is 0 Å². The lowest BCUT2D eigenvalue weighted by Gasteiger charge is -2.04. The van der Waals surface area contributed by atoms with Crippen LogP contribution in [0.2, 0.25) is 5.02 Å². The first kappa shape index (κ1) is 12.1. The van der Waals surface area contributed by atoms with Crippen LogP contribution >= 0.6 is 11.6 Å². The van der Waals surface area contributed by atoms with Crippen LogP contribution in [0.3, 0.4) is 0 Å². The first-order valence-electron chi connectivity index (χ1n) is 5.40. The zero-order chi connectivity index (χ0) is 13.5. The van der Waals surface area contributed by atoms with Gasteiger partial charge in [0.2, 0.25) is 0 Å². The third-order valence-corrected chi connectivity index (χ3v) is 4.47. The van der Waals surface area contributed by atoms with E-state index in [9.17, 15) is 8.42 Å². The molecule has 0 amide bonds. The monoisotopic (exact) mass is 293 g/mol. The topological polar surface area (TPSA) is 64.8 Å². The molecule has 0 N–H and O–H groups in total. The summed E-state index contributed by atoms with van der Waals surface area (Å²) in [6.07, 6.45) is 0. The predicted octanol–water partition coefficient (Wildman–Crippen LogP) is 2.32. The molecule has 3 aromatic rings. The van der Waals surface area contributed by atoms with Gasteiger partial charge in [-0.05, 0) is 30.3 Å². The maximum Gasteiger partial charge on any atom is 0.284 e. The molecule has 0 aliphatic rings. The van der Waals surface area contributed by atoms with Crippen molar-refractivity contribution in [2.45, 2.75) is 4.90 Å². The number of hydrogen-bond acceptors (Lipinski definition) is 4. The van der Waals surface area contributed by atoms with E-state index in [4.69, 9.17) is 11.6 Å². The Morgan fingerprint density at radius 3 is 2.53 bits per heavy atom. The van der Waals surface area contributed by atoms with Crippen LogP contribution < -0.4 is 0 Å². The van der Waals surface area contributed by atoms with E-state index in [-0.39, 0.29) is 4.90 Å². The highest BCUT2D eigenvalue weighted by Crippen LogP contribution is 2.21. The third-order valence-electron chi connectivity index (χ3n) is 2.65. The van der Waals surface area contributed by atoms with Crippen LogP contribution in [0.1, 0.15) is 0 Å². The Bertz CT molecular complexity index is 844. The molecular formula is C12H8ClN3O2S. The van der Waals surface area contributed by atoms with Gasteiger partial charge in [0.15, 0.2) is 0 Å². The summed E-state index contributed by atoms with van der Waals surface area (Å²) in [5.74, 6) is 0. The summed E-state index contributed by atoms with van der Waals surface area (Å²) in [5, 5.41) is 8.01. The maximum atomic E-state index is 12.4. The lowest BCUT2D eigenvalue weighted by atomic mass is 10.3. The molecule has 0 saturated carbocycles. The zero-order valence-electron chi connectivity index (χ0n) is 9.56. The molecule has 0 saturated heterocycles. The third kappa shape index (κ3) is 1.98. The van der Waals surface area contributed by atoms with Gasteiger partial charge in [0.1, 0.15) is 11.0 Å². The fourth-order valence-corrected chi connectivity index (χ4v) is 3.16. The molecule has 96 valence electrons. The van der Waals surface area contributed by atoms with Crippen LogP contribution in [-0.2, 0) is 10.0 Å². The quantitative estimate of drug-likeness (QED) is 0.727. The minimum atomic E-state index is -3.74. The average Bonchev–Trinajstić information content (AvgIpc) is 2.83. The molecule has 0 bridgehead atoms. The summed E-state index contributed by atoms with van der Waals surface area (Å²) in [6, 6.07) is 12.8. The van der Waals surface area contributed by atoms with Crippen LogP contribution in [0.5, 0.6) is 0 Å². The summed E-state index contributed by atoms with van der Waals surface area (Å²) in [7, 11) is -3.74. The van der Waals surface area contributed by atoms with Gasteiger partial charge >= 0.3 is 0 Å². The second-order valence-corrected chi connectivity index (χ2v) is 6.09. The van der Waals surface area contributed by atoms with E-state index in [0.717, 1.165) is 4.09 Å². The van der Waals surface area contributed by atoms with Crippen LogP contribution in [0, 0.1) is 0 Å². The molecular weight excluding hydrogens is 286 g/mol. The number of hydrogen-bond donors (Lipinski definition) is 0. The number of fused-ring (bicyclic) bond motifs is 1. The Labute approximate surface area is 114 Å².